The standard InChI is InChI=1S/C24H35N7O/c1-17(2)32-19-6-4-7-21(25)20(14-19)18(3)22-15-23(29-16-28-22)30-10-12-31(13-11-30)24-26-8-5-9-27-24/h4,6-7,14-18,21H,5,8-13,25H2,1-3H3,(H,26,27). The van der Waals surface area contributed by atoms with Gasteiger partial charge in [0.15, 0.2) is 5.96 Å². The van der Waals surface area contributed by atoms with E-state index in [0.717, 1.165) is 74.5 Å². The fourth-order valence-electron chi connectivity index (χ4n) is 4.27. The van der Waals surface area contributed by atoms with Gasteiger partial charge in [-0.3, -0.25) is 4.99 Å². The molecule has 8 nitrogen and oxygen atoms in total. The van der Waals surface area contributed by atoms with E-state index in [0.29, 0.717) is 0 Å². The lowest BCUT2D eigenvalue weighted by atomic mass is 9.91. The quantitative estimate of drug-likeness (QED) is 0.729. The summed E-state index contributed by atoms with van der Waals surface area (Å²) in [5.41, 5.74) is 8.51. The molecule has 0 spiro atoms. The number of nitrogens with one attached hydrogen (secondary N) is 1. The first-order chi connectivity index (χ1) is 15.5. The number of nitrogens with zero attached hydrogens (tertiary/aromatic N) is 5. The van der Waals surface area contributed by atoms with E-state index in [2.05, 4.69) is 49.1 Å². The zero-order chi connectivity index (χ0) is 22.5. The largest absolute Gasteiger partial charge is 0.491 e. The van der Waals surface area contributed by atoms with Gasteiger partial charge in [0.05, 0.1) is 11.8 Å². The minimum absolute atomic E-state index is 0.0516. The molecule has 1 aliphatic carbocycles. The van der Waals surface area contributed by atoms with Crippen LogP contribution in [0.3, 0.4) is 0 Å². The Morgan fingerprint density at radius 2 is 1.91 bits per heavy atom. The molecular weight excluding hydrogens is 402 g/mol. The fourth-order valence-corrected chi connectivity index (χ4v) is 4.27. The molecular formula is C24H35N7O. The van der Waals surface area contributed by atoms with Gasteiger partial charge < -0.3 is 25.6 Å². The van der Waals surface area contributed by atoms with Gasteiger partial charge in [-0.15, -0.1) is 0 Å². The van der Waals surface area contributed by atoms with Crippen molar-refractivity contribution in [1.82, 2.24) is 20.2 Å². The van der Waals surface area contributed by atoms with E-state index >= 15 is 0 Å². The Morgan fingerprint density at radius 1 is 1.12 bits per heavy atom. The van der Waals surface area contributed by atoms with Crippen molar-refractivity contribution in [2.45, 2.75) is 45.3 Å². The number of allylic oxidation sites excluding steroid dienone is 3. The van der Waals surface area contributed by atoms with Crippen LogP contribution in [0.2, 0.25) is 0 Å². The lowest BCUT2D eigenvalue weighted by Gasteiger charge is -2.38. The minimum Gasteiger partial charge on any atom is -0.491 e. The Balaban J connectivity index is 1.46. The molecule has 3 aliphatic rings. The predicted octanol–water partition coefficient (Wildman–Crippen LogP) is 2.18. The third-order valence-corrected chi connectivity index (χ3v) is 6.04. The molecule has 1 fully saturated rings. The molecule has 1 saturated heterocycles. The van der Waals surface area contributed by atoms with Gasteiger partial charge in [0, 0.05) is 57.3 Å². The first-order valence-electron chi connectivity index (χ1n) is 11.6. The molecule has 172 valence electrons. The first-order valence-corrected chi connectivity index (χ1v) is 11.6. The van der Waals surface area contributed by atoms with Crippen LogP contribution in [0.1, 0.15) is 38.8 Å². The smallest absolute Gasteiger partial charge is 0.194 e. The Bertz CT molecular complexity index is 913. The number of guanidine groups is 1. The van der Waals surface area contributed by atoms with Crippen molar-refractivity contribution in [3.8, 4) is 0 Å². The number of piperazine rings is 1. The molecule has 2 atom stereocenters. The summed E-state index contributed by atoms with van der Waals surface area (Å²) in [6.45, 7) is 11.8. The number of aromatic nitrogens is 2. The molecule has 0 bridgehead atoms. The molecule has 2 unspecified atom stereocenters. The minimum atomic E-state index is -0.180. The SMILES string of the molecule is CC(C)OC1=CC=CC(N)C(C(C)c2cc(N3CCN(C4=NCCCN4)CC3)ncn2)=C1. The molecule has 1 aromatic rings. The lowest BCUT2D eigenvalue weighted by Crippen LogP contribution is -2.53. The maximum atomic E-state index is 6.46. The van der Waals surface area contributed by atoms with Crippen LogP contribution in [0.5, 0.6) is 0 Å². The average Bonchev–Trinajstić information content (AvgIpc) is 3.00. The van der Waals surface area contributed by atoms with Gasteiger partial charge in [0.1, 0.15) is 17.9 Å². The lowest BCUT2D eigenvalue weighted by molar-refractivity contribution is 0.157. The Hall–Kier alpha value is -2.87. The highest BCUT2D eigenvalue weighted by atomic mass is 16.5. The summed E-state index contributed by atoms with van der Waals surface area (Å²) < 4.78 is 5.93. The van der Waals surface area contributed by atoms with Crippen molar-refractivity contribution in [3.05, 3.63) is 53.7 Å². The van der Waals surface area contributed by atoms with Crippen molar-refractivity contribution in [2.75, 3.05) is 44.2 Å². The highest BCUT2D eigenvalue weighted by Gasteiger charge is 2.24. The van der Waals surface area contributed by atoms with Crippen LogP contribution in [0.25, 0.3) is 0 Å². The van der Waals surface area contributed by atoms with Gasteiger partial charge in [-0.25, -0.2) is 9.97 Å². The summed E-state index contributed by atoms with van der Waals surface area (Å²) in [6, 6.07) is 1.92. The van der Waals surface area contributed by atoms with Gasteiger partial charge in [0.2, 0.25) is 0 Å². The van der Waals surface area contributed by atoms with Gasteiger partial charge in [-0.2, -0.15) is 0 Å². The molecule has 0 aromatic carbocycles. The van der Waals surface area contributed by atoms with Crippen LogP contribution in [-0.2, 0) is 4.74 Å². The number of nitrogens with two attached hydrogens (primary N) is 1. The predicted molar refractivity (Wildman–Crippen MR) is 129 cm³/mol. The molecule has 8 heteroatoms. The summed E-state index contributed by atoms with van der Waals surface area (Å²) in [5.74, 6) is 2.89. The van der Waals surface area contributed by atoms with E-state index in [4.69, 9.17) is 10.5 Å². The normalized spacial score (nSPS) is 22.5. The molecule has 3 N–H and O–H groups in total. The van der Waals surface area contributed by atoms with Crippen LogP contribution in [0, 0.1) is 0 Å². The van der Waals surface area contributed by atoms with E-state index in [1.807, 2.05) is 32.1 Å². The second kappa shape index (κ2) is 10.2. The Kier molecular flexibility index (Phi) is 7.09. The van der Waals surface area contributed by atoms with Gasteiger partial charge in [0.25, 0.3) is 0 Å². The fraction of sp³-hybridized carbons (Fsp3) is 0.542. The van der Waals surface area contributed by atoms with E-state index < -0.39 is 0 Å². The highest BCUT2D eigenvalue weighted by Crippen LogP contribution is 2.29. The molecule has 32 heavy (non-hydrogen) atoms. The van der Waals surface area contributed by atoms with Crippen molar-refractivity contribution < 1.29 is 4.74 Å². The highest BCUT2D eigenvalue weighted by molar-refractivity contribution is 5.80. The van der Waals surface area contributed by atoms with Crippen molar-refractivity contribution >= 4 is 11.8 Å². The van der Waals surface area contributed by atoms with Crippen LogP contribution in [-0.4, -0.2) is 72.2 Å². The summed E-state index contributed by atoms with van der Waals surface area (Å²) in [6.07, 6.45) is 10.9. The van der Waals surface area contributed by atoms with E-state index in [-0.39, 0.29) is 18.1 Å². The van der Waals surface area contributed by atoms with E-state index in [9.17, 15) is 0 Å². The molecule has 0 radical (unpaired) electrons. The monoisotopic (exact) mass is 437 g/mol. The number of ether oxygens (including phenoxy) is 1. The molecule has 3 heterocycles. The van der Waals surface area contributed by atoms with Gasteiger partial charge in [-0.05, 0) is 38.0 Å². The average molecular weight is 438 g/mol. The third kappa shape index (κ3) is 5.30. The summed E-state index contributed by atoms with van der Waals surface area (Å²) in [7, 11) is 0. The number of hydrogen-bond acceptors (Lipinski definition) is 8. The van der Waals surface area contributed by atoms with Crippen molar-refractivity contribution in [1.29, 1.82) is 0 Å². The van der Waals surface area contributed by atoms with E-state index in [1.54, 1.807) is 6.33 Å². The summed E-state index contributed by atoms with van der Waals surface area (Å²) >= 11 is 0. The molecule has 0 amide bonds. The zero-order valence-electron chi connectivity index (χ0n) is 19.4. The molecule has 2 aliphatic heterocycles. The topological polar surface area (TPSA) is 91.9 Å². The summed E-state index contributed by atoms with van der Waals surface area (Å²) in [5, 5.41) is 3.42. The zero-order valence-corrected chi connectivity index (χ0v) is 19.4. The molecule has 0 saturated carbocycles. The van der Waals surface area contributed by atoms with Crippen LogP contribution in [0.4, 0.5) is 5.82 Å². The van der Waals surface area contributed by atoms with Crippen LogP contribution in [0.15, 0.2) is 53.0 Å². The molecule has 1 aromatic heterocycles. The van der Waals surface area contributed by atoms with Crippen LogP contribution >= 0.6 is 0 Å². The van der Waals surface area contributed by atoms with Crippen LogP contribution < -0.4 is 16.0 Å². The number of rotatable bonds is 5. The second-order valence-electron chi connectivity index (χ2n) is 8.77. The van der Waals surface area contributed by atoms with E-state index in [1.165, 1.54) is 0 Å². The van der Waals surface area contributed by atoms with Crippen molar-refractivity contribution in [2.24, 2.45) is 10.7 Å². The Morgan fingerprint density at radius 3 is 2.62 bits per heavy atom. The third-order valence-electron chi connectivity index (χ3n) is 6.04. The number of aliphatic imine (C=N–C) groups is 1. The maximum Gasteiger partial charge on any atom is 0.194 e. The summed E-state index contributed by atoms with van der Waals surface area (Å²) in [4.78, 5) is 18.5. The number of anilines is 1. The van der Waals surface area contributed by atoms with Gasteiger partial charge in [-0.1, -0.05) is 19.1 Å². The number of hydrogen-bond donors (Lipinski definition) is 2. The first kappa shape index (κ1) is 22.3. The Labute approximate surface area is 191 Å². The second-order valence-corrected chi connectivity index (χ2v) is 8.77. The maximum absolute atomic E-state index is 6.46. The van der Waals surface area contributed by atoms with Crippen molar-refractivity contribution in [3.63, 3.8) is 0 Å². The molecule has 4 rings (SSSR count). The van der Waals surface area contributed by atoms with Gasteiger partial charge >= 0.3 is 0 Å².